The molecule has 0 heterocycles. The Morgan fingerprint density at radius 2 is 1.48 bits per heavy atom. The van der Waals surface area contributed by atoms with Gasteiger partial charge < -0.3 is 14.2 Å². The van der Waals surface area contributed by atoms with Crippen molar-refractivity contribution in [2.24, 2.45) is 0 Å². The Labute approximate surface area is 130 Å². The van der Waals surface area contributed by atoms with Gasteiger partial charge >= 0.3 is 0 Å². The van der Waals surface area contributed by atoms with Gasteiger partial charge in [-0.15, -0.1) is 0 Å². The van der Waals surface area contributed by atoms with E-state index >= 15 is 0 Å². The van der Waals surface area contributed by atoms with Crippen LogP contribution >= 0.6 is 0 Å². The van der Waals surface area contributed by atoms with E-state index in [1.807, 2.05) is 0 Å². The summed E-state index contributed by atoms with van der Waals surface area (Å²) in [5, 5.41) is 8.62. The highest BCUT2D eigenvalue weighted by Crippen LogP contribution is 1.99. The predicted octanol–water partition coefficient (Wildman–Crippen LogP) is 2.46. The summed E-state index contributed by atoms with van der Waals surface area (Å²) >= 11 is 0. The molecule has 0 radical (unpaired) electrons. The van der Waals surface area contributed by atoms with Crippen molar-refractivity contribution in [3.63, 3.8) is 0 Å². The molecule has 0 aromatic carbocycles. The van der Waals surface area contributed by atoms with Crippen LogP contribution in [0.25, 0.3) is 0 Å². The van der Waals surface area contributed by atoms with Crippen LogP contribution in [0.1, 0.15) is 40.0 Å². The number of hydrogen-bond donors (Lipinski definition) is 0. The molecule has 5 heteroatoms. The predicted molar refractivity (Wildman–Crippen MR) is 84.3 cm³/mol. The van der Waals surface area contributed by atoms with Gasteiger partial charge in [0.05, 0.1) is 39.1 Å². The van der Waals surface area contributed by atoms with Crippen molar-refractivity contribution in [2.45, 2.75) is 46.1 Å². The monoisotopic (exact) mass is 300 g/mol. The van der Waals surface area contributed by atoms with Crippen molar-refractivity contribution in [2.75, 3.05) is 52.7 Å². The molecule has 0 aliphatic carbocycles. The number of unbranched alkanes of at least 4 members (excludes halogenated alkanes) is 1. The second-order valence-corrected chi connectivity index (χ2v) is 5.23. The standard InChI is InChI=1S/C16H32N2O3/c1-4-5-10-19-12-14-21-15-13-20-11-9-18(16(2)3)8-6-7-17/h16H,4-6,8-15H2,1-3H3. The molecule has 21 heavy (non-hydrogen) atoms. The van der Waals surface area contributed by atoms with E-state index in [9.17, 15) is 0 Å². The molecule has 0 fully saturated rings. The molecule has 0 saturated carbocycles. The van der Waals surface area contributed by atoms with Crippen LogP contribution < -0.4 is 0 Å². The highest BCUT2D eigenvalue weighted by molar-refractivity contribution is 4.73. The minimum absolute atomic E-state index is 0.443. The molecule has 0 rings (SSSR count). The van der Waals surface area contributed by atoms with E-state index < -0.39 is 0 Å². The summed E-state index contributed by atoms with van der Waals surface area (Å²) < 4.78 is 16.4. The van der Waals surface area contributed by atoms with Crippen molar-refractivity contribution in [3.05, 3.63) is 0 Å². The quantitative estimate of drug-likeness (QED) is 0.435. The van der Waals surface area contributed by atoms with Gasteiger partial charge in [0.25, 0.3) is 0 Å². The third-order valence-corrected chi connectivity index (χ3v) is 3.15. The van der Waals surface area contributed by atoms with Crippen LogP contribution in [-0.2, 0) is 14.2 Å². The van der Waals surface area contributed by atoms with Gasteiger partial charge in [-0.1, -0.05) is 13.3 Å². The summed E-state index contributed by atoms with van der Waals surface area (Å²) in [4.78, 5) is 2.26. The first-order chi connectivity index (χ1) is 10.2. The van der Waals surface area contributed by atoms with E-state index in [2.05, 4.69) is 31.7 Å². The molecule has 0 unspecified atom stereocenters. The fourth-order valence-corrected chi connectivity index (χ4v) is 1.79. The third-order valence-electron chi connectivity index (χ3n) is 3.15. The highest BCUT2D eigenvalue weighted by Gasteiger charge is 2.08. The van der Waals surface area contributed by atoms with E-state index in [0.717, 1.165) is 32.5 Å². The lowest BCUT2D eigenvalue weighted by Gasteiger charge is -2.25. The van der Waals surface area contributed by atoms with Crippen LogP contribution in [0.4, 0.5) is 0 Å². The summed E-state index contributed by atoms with van der Waals surface area (Å²) in [7, 11) is 0. The minimum Gasteiger partial charge on any atom is -0.379 e. The van der Waals surface area contributed by atoms with Gasteiger partial charge in [-0.25, -0.2) is 0 Å². The number of nitriles is 1. The summed E-state index contributed by atoms with van der Waals surface area (Å²) in [6.45, 7) is 12.1. The first kappa shape index (κ1) is 20.3. The van der Waals surface area contributed by atoms with Crippen LogP contribution in [0.3, 0.4) is 0 Å². The summed E-state index contributed by atoms with van der Waals surface area (Å²) in [5.74, 6) is 0. The lowest BCUT2D eigenvalue weighted by atomic mass is 10.3. The van der Waals surface area contributed by atoms with Crippen molar-refractivity contribution in [1.29, 1.82) is 5.26 Å². The molecule has 0 bridgehead atoms. The number of nitrogens with zero attached hydrogens (tertiary/aromatic N) is 2. The van der Waals surface area contributed by atoms with Gasteiger partial charge in [0.2, 0.25) is 0 Å². The van der Waals surface area contributed by atoms with E-state index in [0.29, 0.717) is 45.5 Å². The Morgan fingerprint density at radius 1 is 0.905 bits per heavy atom. The molecule has 0 aliphatic heterocycles. The second kappa shape index (κ2) is 15.7. The zero-order valence-corrected chi connectivity index (χ0v) is 14.0. The first-order valence-electron chi connectivity index (χ1n) is 8.06. The van der Waals surface area contributed by atoms with E-state index in [4.69, 9.17) is 19.5 Å². The largest absolute Gasteiger partial charge is 0.379 e. The Kier molecular flexibility index (Phi) is 15.2. The van der Waals surface area contributed by atoms with Crippen LogP contribution in [0.5, 0.6) is 0 Å². The molecular formula is C16H32N2O3. The highest BCUT2D eigenvalue weighted by atomic mass is 16.5. The average molecular weight is 300 g/mol. The average Bonchev–Trinajstić information content (AvgIpc) is 2.47. The first-order valence-corrected chi connectivity index (χ1v) is 8.06. The Bertz CT molecular complexity index is 254. The van der Waals surface area contributed by atoms with Gasteiger partial charge in [0, 0.05) is 32.2 Å². The fraction of sp³-hybridized carbons (Fsp3) is 0.938. The van der Waals surface area contributed by atoms with Crippen LogP contribution in [-0.4, -0.2) is 63.7 Å². The topological polar surface area (TPSA) is 54.7 Å². The number of rotatable bonds is 15. The maximum atomic E-state index is 8.62. The van der Waals surface area contributed by atoms with Crippen molar-refractivity contribution in [3.8, 4) is 6.07 Å². The molecule has 0 amide bonds. The van der Waals surface area contributed by atoms with Crippen LogP contribution in [0.2, 0.25) is 0 Å². The van der Waals surface area contributed by atoms with Crippen LogP contribution in [0.15, 0.2) is 0 Å². The third kappa shape index (κ3) is 14.0. The zero-order valence-electron chi connectivity index (χ0n) is 14.0. The number of ether oxygens (including phenoxy) is 3. The van der Waals surface area contributed by atoms with Gasteiger partial charge in [0.1, 0.15) is 0 Å². The molecule has 0 spiro atoms. The minimum atomic E-state index is 0.443. The van der Waals surface area contributed by atoms with E-state index in [1.165, 1.54) is 0 Å². The maximum Gasteiger partial charge on any atom is 0.0701 e. The molecule has 0 N–H and O–H groups in total. The molecule has 0 atom stereocenters. The molecule has 0 aliphatic rings. The maximum absolute atomic E-state index is 8.62. The van der Waals surface area contributed by atoms with E-state index in [1.54, 1.807) is 0 Å². The Morgan fingerprint density at radius 3 is 2.00 bits per heavy atom. The molecule has 5 nitrogen and oxygen atoms in total. The molecule has 0 saturated heterocycles. The zero-order chi connectivity index (χ0) is 15.8. The lowest BCUT2D eigenvalue weighted by molar-refractivity contribution is 0.00884. The van der Waals surface area contributed by atoms with Crippen molar-refractivity contribution < 1.29 is 14.2 Å². The van der Waals surface area contributed by atoms with Crippen molar-refractivity contribution >= 4 is 0 Å². The fourth-order valence-electron chi connectivity index (χ4n) is 1.79. The number of hydrogen-bond acceptors (Lipinski definition) is 5. The van der Waals surface area contributed by atoms with Crippen LogP contribution in [0, 0.1) is 11.3 Å². The molecule has 124 valence electrons. The Balaban J connectivity index is 3.32. The van der Waals surface area contributed by atoms with Gasteiger partial charge in [-0.05, 0) is 20.3 Å². The van der Waals surface area contributed by atoms with E-state index in [-0.39, 0.29) is 0 Å². The molecule has 0 aromatic rings. The van der Waals surface area contributed by atoms with Gasteiger partial charge in [-0.3, -0.25) is 4.90 Å². The SMILES string of the molecule is CCCCOCCOCCOCCN(CCC#N)C(C)C. The smallest absolute Gasteiger partial charge is 0.0701 e. The molecular weight excluding hydrogens is 268 g/mol. The van der Waals surface area contributed by atoms with Gasteiger partial charge in [0.15, 0.2) is 0 Å². The Hall–Kier alpha value is -0.670. The summed E-state index contributed by atoms with van der Waals surface area (Å²) in [5.41, 5.74) is 0. The van der Waals surface area contributed by atoms with Crippen molar-refractivity contribution in [1.82, 2.24) is 4.90 Å². The lowest BCUT2D eigenvalue weighted by Crippen LogP contribution is -2.34. The second-order valence-electron chi connectivity index (χ2n) is 5.23. The normalized spacial score (nSPS) is 11.2. The summed E-state index contributed by atoms with van der Waals surface area (Å²) in [6, 6.07) is 2.62. The summed E-state index contributed by atoms with van der Waals surface area (Å²) in [6.07, 6.45) is 2.84. The molecule has 0 aromatic heterocycles. The van der Waals surface area contributed by atoms with Gasteiger partial charge in [-0.2, -0.15) is 5.26 Å².